The maximum atomic E-state index is 11.9. The number of carbonyl (C=O) groups excluding carboxylic acids is 1. The maximum Gasteiger partial charge on any atom is 0.366 e. The Morgan fingerprint density at radius 2 is 2.00 bits per heavy atom. The first-order chi connectivity index (χ1) is 6.66. The second-order valence-electron chi connectivity index (χ2n) is 3.87. The van der Waals surface area contributed by atoms with E-state index in [-0.39, 0.29) is 5.92 Å². The third-order valence-electron chi connectivity index (χ3n) is 2.49. The van der Waals surface area contributed by atoms with Gasteiger partial charge in [-0.05, 0) is 5.92 Å². The lowest BCUT2D eigenvalue weighted by Crippen LogP contribution is -2.53. The Labute approximate surface area is 83.3 Å². The van der Waals surface area contributed by atoms with Crippen molar-refractivity contribution >= 4 is 5.97 Å². The van der Waals surface area contributed by atoms with Crippen LogP contribution in [0.2, 0.25) is 0 Å². The first kappa shape index (κ1) is 11.4. The van der Waals surface area contributed by atoms with Gasteiger partial charge >= 0.3 is 5.97 Å². The van der Waals surface area contributed by atoms with Gasteiger partial charge in [0.25, 0.3) is 0 Å². The van der Waals surface area contributed by atoms with E-state index in [0.717, 1.165) is 26.2 Å². The van der Waals surface area contributed by atoms with Crippen molar-refractivity contribution in [2.45, 2.75) is 19.9 Å². The first-order valence-corrected chi connectivity index (χ1v) is 4.94. The summed E-state index contributed by atoms with van der Waals surface area (Å²) >= 11 is 0. The number of piperazine rings is 1. The summed E-state index contributed by atoms with van der Waals surface area (Å²) in [5.41, 5.74) is 0. The van der Waals surface area contributed by atoms with Crippen molar-refractivity contribution < 1.29 is 14.3 Å². The molecule has 5 heteroatoms. The van der Waals surface area contributed by atoms with Crippen LogP contribution in [0.3, 0.4) is 0 Å². The molecule has 14 heavy (non-hydrogen) atoms. The zero-order valence-electron chi connectivity index (χ0n) is 8.62. The van der Waals surface area contributed by atoms with Crippen molar-refractivity contribution in [1.29, 1.82) is 0 Å². The third-order valence-corrected chi connectivity index (χ3v) is 2.49. The highest BCUT2D eigenvalue weighted by atomic mass is 19.3. The van der Waals surface area contributed by atoms with E-state index in [1.165, 1.54) is 0 Å². The SMILES string of the molecule is CC(C)C(C(=O)OF)N1CCNCC1. The molecule has 0 aliphatic carbocycles. The molecule has 82 valence electrons. The zero-order chi connectivity index (χ0) is 10.6. The van der Waals surface area contributed by atoms with Crippen LogP contribution in [0.4, 0.5) is 4.53 Å². The molecule has 0 amide bonds. The standard InChI is InChI=1S/C9H17FN2O2/c1-7(2)8(9(13)14-10)12-5-3-11-4-6-12/h7-8,11H,3-6H2,1-2H3. The van der Waals surface area contributed by atoms with Crippen LogP contribution in [0.1, 0.15) is 13.8 Å². The molecule has 0 spiro atoms. The lowest BCUT2D eigenvalue weighted by Gasteiger charge is -2.34. The van der Waals surface area contributed by atoms with E-state index >= 15 is 0 Å². The molecule has 0 aromatic heterocycles. The Morgan fingerprint density at radius 3 is 2.43 bits per heavy atom. The van der Waals surface area contributed by atoms with Gasteiger partial charge in [-0.25, -0.2) is 4.79 Å². The highest BCUT2D eigenvalue weighted by Crippen LogP contribution is 2.13. The molecule has 0 aromatic carbocycles. The second kappa shape index (κ2) is 5.26. The Hall–Kier alpha value is -0.680. The Balaban J connectivity index is 2.60. The molecular weight excluding hydrogens is 187 g/mol. The first-order valence-electron chi connectivity index (χ1n) is 4.94. The van der Waals surface area contributed by atoms with Crippen LogP contribution in [0.25, 0.3) is 0 Å². The molecule has 1 N–H and O–H groups in total. The number of hydrogen-bond donors (Lipinski definition) is 1. The van der Waals surface area contributed by atoms with E-state index in [2.05, 4.69) is 10.3 Å². The molecule has 0 aromatic rings. The fourth-order valence-electron chi connectivity index (χ4n) is 1.85. The van der Waals surface area contributed by atoms with Crippen molar-refractivity contribution in [2.75, 3.05) is 26.2 Å². The second-order valence-corrected chi connectivity index (χ2v) is 3.87. The number of halogens is 1. The van der Waals surface area contributed by atoms with Gasteiger partial charge in [0.05, 0.1) is 0 Å². The van der Waals surface area contributed by atoms with E-state index in [1.807, 2.05) is 18.7 Å². The number of hydrogen-bond acceptors (Lipinski definition) is 4. The van der Waals surface area contributed by atoms with Crippen LogP contribution < -0.4 is 5.32 Å². The van der Waals surface area contributed by atoms with Crippen molar-refractivity contribution in [3.63, 3.8) is 0 Å². The van der Waals surface area contributed by atoms with Gasteiger partial charge in [0.15, 0.2) is 0 Å². The fraction of sp³-hybridized carbons (Fsp3) is 0.889. The predicted octanol–water partition coefficient (Wildman–Crippen LogP) is 0.344. The van der Waals surface area contributed by atoms with Crippen LogP contribution in [-0.2, 0) is 9.74 Å². The minimum absolute atomic E-state index is 0.0661. The van der Waals surface area contributed by atoms with Gasteiger partial charge in [-0.2, -0.15) is 0 Å². The van der Waals surface area contributed by atoms with Crippen molar-refractivity contribution in [3.05, 3.63) is 0 Å². The van der Waals surface area contributed by atoms with Gasteiger partial charge in [0, 0.05) is 30.7 Å². The number of carbonyl (C=O) groups is 1. The largest absolute Gasteiger partial charge is 0.366 e. The summed E-state index contributed by atoms with van der Waals surface area (Å²) in [5.74, 6) is -0.710. The topological polar surface area (TPSA) is 41.6 Å². The van der Waals surface area contributed by atoms with Crippen LogP contribution in [0, 0.1) is 5.92 Å². The minimum Gasteiger partial charge on any atom is -0.314 e. The van der Waals surface area contributed by atoms with Crippen molar-refractivity contribution in [1.82, 2.24) is 10.2 Å². The summed E-state index contributed by atoms with van der Waals surface area (Å²) in [6, 6.07) is -0.456. The molecule has 1 unspecified atom stereocenters. The van der Waals surface area contributed by atoms with Crippen LogP contribution in [0.5, 0.6) is 0 Å². The summed E-state index contributed by atoms with van der Waals surface area (Å²) in [7, 11) is 0. The summed E-state index contributed by atoms with van der Waals surface area (Å²) in [6.45, 7) is 6.98. The molecule has 1 atom stereocenters. The van der Waals surface area contributed by atoms with Crippen LogP contribution in [0.15, 0.2) is 0 Å². The van der Waals surface area contributed by atoms with Gasteiger partial charge in [-0.1, -0.05) is 13.8 Å². The predicted molar refractivity (Wildman–Crippen MR) is 50.3 cm³/mol. The molecule has 1 aliphatic heterocycles. The van der Waals surface area contributed by atoms with Gasteiger partial charge in [0.1, 0.15) is 6.04 Å². The molecule has 1 aliphatic rings. The lowest BCUT2D eigenvalue weighted by atomic mass is 10.0. The van der Waals surface area contributed by atoms with E-state index in [1.54, 1.807) is 0 Å². The molecule has 0 bridgehead atoms. The van der Waals surface area contributed by atoms with Crippen molar-refractivity contribution in [2.24, 2.45) is 5.92 Å². The summed E-state index contributed by atoms with van der Waals surface area (Å²) in [5, 5.41) is 3.18. The molecular formula is C9H17FN2O2. The van der Waals surface area contributed by atoms with Gasteiger partial charge in [0.2, 0.25) is 0 Å². The third kappa shape index (κ3) is 2.65. The normalized spacial score (nSPS) is 20.9. The maximum absolute atomic E-state index is 11.9. The fourth-order valence-corrected chi connectivity index (χ4v) is 1.85. The quantitative estimate of drug-likeness (QED) is 0.720. The minimum atomic E-state index is -0.776. The Morgan fingerprint density at radius 1 is 1.43 bits per heavy atom. The summed E-state index contributed by atoms with van der Waals surface area (Å²) in [6.07, 6.45) is 0. The molecule has 0 saturated carbocycles. The summed E-state index contributed by atoms with van der Waals surface area (Å²) in [4.78, 5) is 16.5. The highest BCUT2D eigenvalue weighted by molar-refractivity contribution is 5.75. The van der Waals surface area contributed by atoms with Crippen molar-refractivity contribution in [3.8, 4) is 0 Å². The van der Waals surface area contributed by atoms with Gasteiger partial charge < -0.3 is 5.32 Å². The zero-order valence-corrected chi connectivity index (χ0v) is 8.62. The highest BCUT2D eigenvalue weighted by Gasteiger charge is 2.31. The van der Waals surface area contributed by atoms with E-state index < -0.39 is 12.0 Å². The smallest absolute Gasteiger partial charge is 0.314 e. The Bertz CT molecular complexity index is 193. The molecule has 1 heterocycles. The number of nitrogens with zero attached hydrogens (tertiary/aromatic N) is 1. The molecule has 1 rings (SSSR count). The van der Waals surface area contributed by atoms with Crippen LogP contribution >= 0.6 is 0 Å². The monoisotopic (exact) mass is 204 g/mol. The van der Waals surface area contributed by atoms with Gasteiger partial charge in [-0.3, -0.25) is 9.84 Å². The summed E-state index contributed by atoms with van der Waals surface area (Å²) < 4.78 is 11.9. The van der Waals surface area contributed by atoms with Crippen LogP contribution in [-0.4, -0.2) is 43.1 Å². The molecule has 4 nitrogen and oxygen atoms in total. The Kier molecular flexibility index (Phi) is 4.28. The van der Waals surface area contributed by atoms with E-state index in [0.29, 0.717) is 0 Å². The number of rotatable bonds is 3. The van der Waals surface area contributed by atoms with E-state index in [4.69, 9.17) is 0 Å². The van der Waals surface area contributed by atoms with E-state index in [9.17, 15) is 9.32 Å². The van der Waals surface area contributed by atoms with Gasteiger partial charge in [-0.15, -0.1) is 0 Å². The molecule has 1 saturated heterocycles. The average molecular weight is 204 g/mol. The lowest BCUT2D eigenvalue weighted by molar-refractivity contribution is -0.192. The molecule has 1 fully saturated rings. The molecule has 0 radical (unpaired) electrons. The average Bonchev–Trinajstić information content (AvgIpc) is 2.19. The number of nitrogens with one attached hydrogen (secondary N) is 1.